The van der Waals surface area contributed by atoms with Gasteiger partial charge in [0.2, 0.25) is 0 Å². The number of nitrogens with zero attached hydrogens (tertiary/aromatic N) is 1. The number of aromatic nitrogens is 1. The van der Waals surface area contributed by atoms with E-state index in [0.29, 0.717) is 10.8 Å². The number of amides is 1. The molecule has 0 aliphatic heterocycles. The van der Waals surface area contributed by atoms with E-state index in [1.807, 2.05) is 16.8 Å². The molecule has 4 nitrogen and oxygen atoms in total. The highest BCUT2D eigenvalue weighted by Crippen LogP contribution is 2.15. The molecule has 0 aliphatic rings. The van der Waals surface area contributed by atoms with Crippen LogP contribution in [0.2, 0.25) is 0 Å². The summed E-state index contributed by atoms with van der Waals surface area (Å²) in [5.74, 6) is -0.226. The lowest BCUT2D eigenvalue weighted by atomic mass is 10.4. The molecule has 0 spiro atoms. The van der Waals surface area contributed by atoms with Crippen LogP contribution < -0.4 is 11.1 Å². The highest BCUT2D eigenvalue weighted by atomic mass is 32.1. The standard InChI is InChI=1S/C8H7N3OS2/c9-8-11-6(4-14-8)7(12)10-5-1-2-13-3-5/h1-4H,(H2,9,11)(H,10,12). The van der Waals surface area contributed by atoms with Gasteiger partial charge in [-0.15, -0.1) is 11.3 Å². The Balaban J connectivity index is 2.10. The fourth-order valence-corrected chi connectivity index (χ4v) is 2.05. The topological polar surface area (TPSA) is 68.0 Å². The second-order valence-electron chi connectivity index (χ2n) is 2.54. The molecule has 2 heterocycles. The van der Waals surface area contributed by atoms with Gasteiger partial charge in [-0.1, -0.05) is 0 Å². The molecule has 14 heavy (non-hydrogen) atoms. The second-order valence-corrected chi connectivity index (χ2v) is 4.21. The van der Waals surface area contributed by atoms with Crippen molar-refractivity contribution in [3.63, 3.8) is 0 Å². The summed E-state index contributed by atoms with van der Waals surface area (Å²) in [7, 11) is 0. The van der Waals surface area contributed by atoms with Crippen molar-refractivity contribution < 1.29 is 4.79 Å². The molecule has 6 heteroatoms. The molecular formula is C8H7N3OS2. The molecule has 0 bridgehead atoms. The van der Waals surface area contributed by atoms with E-state index in [0.717, 1.165) is 5.69 Å². The van der Waals surface area contributed by atoms with Gasteiger partial charge in [0.25, 0.3) is 5.91 Å². The Kier molecular flexibility index (Phi) is 2.47. The Morgan fingerprint density at radius 2 is 2.36 bits per heavy atom. The van der Waals surface area contributed by atoms with Crippen LogP contribution in [0.25, 0.3) is 0 Å². The molecule has 72 valence electrons. The third kappa shape index (κ3) is 1.91. The summed E-state index contributed by atoms with van der Waals surface area (Å²) in [5, 5.41) is 8.50. The maximum absolute atomic E-state index is 11.5. The fraction of sp³-hybridized carbons (Fsp3) is 0. The van der Waals surface area contributed by atoms with E-state index in [9.17, 15) is 4.79 Å². The van der Waals surface area contributed by atoms with Crippen LogP contribution in [0.4, 0.5) is 10.8 Å². The number of anilines is 2. The van der Waals surface area contributed by atoms with E-state index in [1.165, 1.54) is 22.7 Å². The predicted octanol–water partition coefficient (Wildman–Crippen LogP) is 2.04. The van der Waals surface area contributed by atoms with Crippen molar-refractivity contribution in [3.8, 4) is 0 Å². The molecule has 0 fully saturated rings. The smallest absolute Gasteiger partial charge is 0.275 e. The van der Waals surface area contributed by atoms with Crippen LogP contribution in [0.5, 0.6) is 0 Å². The van der Waals surface area contributed by atoms with Gasteiger partial charge in [-0.05, 0) is 11.4 Å². The number of hydrogen-bond donors (Lipinski definition) is 2. The van der Waals surface area contributed by atoms with Crippen molar-refractivity contribution in [1.29, 1.82) is 0 Å². The lowest BCUT2D eigenvalue weighted by molar-refractivity contribution is 0.102. The average Bonchev–Trinajstić information content (AvgIpc) is 2.75. The summed E-state index contributed by atoms with van der Waals surface area (Å²) in [6.45, 7) is 0. The zero-order valence-corrected chi connectivity index (χ0v) is 8.69. The maximum Gasteiger partial charge on any atom is 0.275 e. The number of nitrogen functional groups attached to an aromatic ring is 1. The van der Waals surface area contributed by atoms with Gasteiger partial charge in [0.1, 0.15) is 5.69 Å². The molecule has 0 aliphatic carbocycles. The predicted molar refractivity (Wildman–Crippen MR) is 58.8 cm³/mol. The van der Waals surface area contributed by atoms with E-state index in [4.69, 9.17) is 5.73 Å². The van der Waals surface area contributed by atoms with E-state index in [2.05, 4.69) is 10.3 Å². The molecular weight excluding hydrogens is 218 g/mol. The zero-order chi connectivity index (χ0) is 9.97. The van der Waals surface area contributed by atoms with Gasteiger partial charge in [-0.25, -0.2) is 4.98 Å². The van der Waals surface area contributed by atoms with Crippen LogP contribution in [-0.4, -0.2) is 10.9 Å². The van der Waals surface area contributed by atoms with Crippen molar-refractivity contribution in [3.05, 3.63) is 27.9 Å². The number of carbonyl (C=O) groups is 1. The minimum Gasteiger partial charge on any atom is -0.375 e. The summed E-state index contributed by atoms with van der Waals surface area (Å²) in [5.41, 5.74) is 6.56. The molecule has 0 aromatic carbocycles. The van der Waals surface area contributed by atoms with Gasteiger partial charge in [-0.2, -0.15) is 11.3 Å². The number of nitrogens with two attached hydrogens (primary N) is 1. The molecule has 2 aromatic heterocycles. The Morgan fingerprint density at radius 1 is 1.50 bits per heavy atom. The van der Waals surface area contributed by atoms with Crippen LogP contribution in [0, 0.1) is 0 Å². The summed E-state index contributed by atoms with van der Waals surface area (Å²) < 4.78 is 0. The molecule has 2 rings (SSSR count). The van der Waals surface area contributed by atoms with Crippen molar-refractivity contribution in [1.82, 2.24) is 4.98 Å². The van der Waals surface area contributed by atoms with Crippen LogP contribution >= 0.6 is 22.7 Å². The van der Waals surface area contributed by atoms with Gasteiger partial charge >= 0.3 is 0 Å². The lowest BCUT2D eigenvalue weighted by Gasteiger charge is -1.97. The van der Waals surface area contributed by atoms with Gasteiger partial charge in [-0.3, -0.25) is 4.79 Å². The van der Waals surface area contributed by atoms with Crippen LogP contribution in [0.3, 0.4) is 0 Å². The summed E-state index contributed by atoms with van der Waals surface area (Å²) in [6.07, 6.45) is 0. The molecule has 3 N–H and O–H groups in total. The van der Waals surface area contributed by atoms with Crippen molar-refractivity contribution in [2.75, 3.05) is 11.1 Å². The van der Waals surface area contributed by atoms with Crippen molar-refractivity contribution in [2.45, 2.75) is 0 Å². The Bertz CT molecular complexity index is 435. The van der Waals surface area contributed by atoms with Crippen LogP contribution in [0.1, 0.15) is 10.5 Å². The molecule has 0 unspecified atom stereocenters. The number of thiophene rings is 1. The highest BCUT2D eigenvalue weighted by Gasteiger charge is 2.09. The Labute approximate surface area is 88.4 Å². The first-order chi connectivity index (χ1) is 6.75. The number of rotatable bonds is 2. The summed E-state index contributed by atoms with van der Waals surface area (Å²) in [4.78, 5) is 15.4. The largest absolute Gasteiger partial charge is 0.375 e. The monoisotopic (exact) mass is 225 g/mol. The van der Waals surface area contributed by atoms with E-state index < -0.39 is 0 Å². The highest BCUT2D eigenvalue weighted by molar-refractivity contribution is 7.13. The zero-order valence-electron chi connectivity index (χ0n) is 7.06. The Morgan fingerprint density at radius 3 is 2.93 bits per heavy atom. The van der Waals surface area contributed by atoms with Gasteiger partial charge in [0.05, 0.1) is 5.69 Å². The SMILES string of the molecule is Nc1nc(C(=O)Nc2ccsc2)cs1. The fourth-order valence-electron chi connectivity index (χ4n) is 0.923. The third-order valence-corrected chi connectivity index (χ3v) is 2.89. The molecule has 1 amide bonds. The van der Waals surface area contributed by atoms with E-state index >= 15 is 0 Å². The van der Waals surface area contributed by atoms with Crippen LogP contribution in [-0.2, 0) is 0 Å². The van der Waals surface area contributed by atoms with Gasteiger partial charge < -0.3 is 11.1 Å². The molecule has 2 aromatic rings. The minimum atomic E-state index is -0.226. The normalized spacial score (nSPS) is 10.0. The quantitative estimate of drug-likeness (QED) is 0.821. The van der Waals surface area contributed by atoms with Gasteiger partial charge in [0.15, 0.2) is 5.13 Å². The molecule has 0 saturated carbocycles. The third-order valence-electron chi connectivity index (χ3n) is 1.53. The second kappa shape index (κ2) is 3.77. The van der Waals surface area contributed by atoms with E-state index in [-0.39, 0.29) is 5.91 Å². The van der Waals surface area contributed by atoms with E-state index in [1.54, 1.807) is 5.38 Å². The maximum atomic E-state index is 11.5. The molecule has 0 radical (unpaired) electrons. The number of nitrogens with one attached hydrogen (secondary N) is 1. The molecule has 0 atom stereocenters. The first-order valence-corrected chi connectivity index (χ1v) is 5.62. The first kappa shape index (κ1) is 9.17. The molecule has 0 saturated heterocycles. The van der Waals surface area contributed by atoms with Crippen LogP contribution in [0.15, 0.2) is 22.2 Å². The Hall–Kier alpha value is -1.40. The van der Waals surface area contributed by atoms with Gasteiger partial charge in [0, 0.05) is 10.8 Å². The minimum absolute atomic E-state index is 0.226. The first-order valence-electron chi connectivity index (χ1n) is 3.80. The van der Waals surface area contributed by atoms with Crippen molar-refractivity contribution in [2.24, 2.45) is 0 Å². The number of carbonyl (C=O) groups excluding carboxylic acids is 1. The lowest BCUT2D eigenvalue weighted by Crippen LogP contribution is -2.11. The number of thiazole rings is 1. The van der Waals surface area contributed by atoms with Crippen molar-refractivity contribution >= 4 is 39.4 Å². The average molecular weight is 225 g/mol. The number of hydrogen-bond acceptors (Lipinski definition) is 5. The summed E-state index contributed by atoms with van der Waals surface area (Å²) >= 11 is 2.78. The summed E-state index contributed by atoms with van der Waals surface area (Å²) in [6, 6.07) is 1.83.